The van der Waals surface area contributed by atoms with Gasteiger partial charge in [-0.25, -0.2) is 0 Å². The van der Waals surface area contributed by atoms with Gasteiger partial charge < -0.3 is 9.64 Å². The maximum atomic E-state index is 12.6. The Bertz CT molecular complexity index is 798. The molecule has 3 rings (SSSR count). The average molecular weight is 365 g/mol. The summed E-state index contributed by atoms with van der Waals surface area (Å²) in [4.78, 5) is 27.0. The van der Waals surface area contributed by atoms with Gasteiger partial charge in [0, 0.05) is 24.6 Å². The van der Waals surface area contributed by atoms with Crippen molar-refractivity contribution in [2.75, 3.05) is 19.7 Å². The molecule has 1 fully saturated rings. The number of piperidine rings is 1. The van der Waals surface area contributed by atoms with Crippen molar-refractivity contribution in [1.82, 2.24) is 4.90 Å². The first-order valence-electron chi connectivity index (χ1n) is 9.53. The Morgan fingerprint density at radius 1 is 0.963 bits per heavy atom. The molecule has 0 bridgehead atoms. The highest BCUT2D eigenvalue weighted by atomic mass is 16.5. The van der Waals surface area contributed by atoms with Gasteiger partial charge >= 0.3 is 0 Å². The molecule has 1 heterocycles. The normalized spacial score (nSPS) is 14.9. The fraction of sp³-hybridized carbons (Fsp3) is 0.391. The number of carbonyl (C=O) groups is 2. The van der Waals surface area contributed by atoms with Crippen LogP contribution in [0.3, 0.4) is 0 Å². The summed E-state index contributed by atoms with van der Waals surface area (Å²) in [6.45, 7) is 7.24. The Morgan fingerprint density at radius 3 is 2.15 bits per heavy atom. The molecule has 0 unspecified atom stereocenters. The number of rotatable bonds is 5. The number of para-hydroxylation sites is 1. The maximum absolute atomic E-state index is 12.6. The molecule has 1 saturated heterocycles. The van der Waals surface area contributed by atoms with Gasteiger partial charge in [-0.1, -0.05) is 48.0 Å². The van der Waals surface area contributed by atoms with Crippen LogP contribution < -0.4 is 4.74 Å². The van der Waals surface area contributed by atoms with Gasteiger partial charge in [-0.3, -0.25) is 9.59 Å². The predicted octanol–water partition coefficient (Wildman–Crippen LogP) is 4.11. The minimum absolute atomic E-state index is 0.00344. The van der Waals surface area contributed by atoms with E-state index in [1.165, 1.54) is 0 Å². The summed E-state index contributed by atoms with van der Waals surface area (Å²) < 4.78 is 5.78. The Hall–Kier alpha value is -2.62. The van der Waals surface area contributed by atoms with Crippen molar-refractivity contribution in [2.45, 2.75) is 33.6 Å². The van der Waals surface area contributed by atoms with Crippen LogP contribution in [0, 0.1) is 26.7 Å². The van der Waals surface area contributed by atoms with Crippen LogP contribution in [0.5, 0.6) is 5.75 Å². The molecule has 2 aromatic carbocycles. The highest BCUT2D eigenvalue weighted by molar-refractivity contribution is 5.98. The van der Waals surface area contributed by atoms with E-state index in [-0.39, 0.29) is 24.2 Å². The molecule has 0 N–H and O–H groups in total. The van der Waals surface area contributed by atoms with E-state index in [1.54, 1.807) is 0 Å². The van der Waals surface area contributed by atoms with E-state index in [1.807, 2.05) is 68.1 Å². The van der Waals surface area contributed by atoms with Crippen LogP contribution in [0.15, 0.2) is 42.5 Å². The summed E-state index contributed by atoms with van der Waals surface area (Å²) in [5, 5.41) is 0. The molecule has 4 nitrogen and oxygen atoms in total. The van der Waals surface area contributed by atoms with Gasteiger partial charge in [-0.05, 0) is 44.7 Å². The second kappa shape index (κ2) is 8.38. The van der Waals surface area contributed by atoms with Crippen LogP contribution >= 0.6 is 0 Å². The van der Waals surface area contributed by atoms with Crippen LogP contribution in [0.4, 0.5) is 0 Å². The number of benzene rings is 2. The van der Waals surface area contributed by atoms with Crippen LogP contribution in [-0.4, -0.2) is 36.3 Å². The summed E-state index contributed by atoms with van der Waals surface area (Å²) in [6, 6.07) is 13.7. The number of ether oxygens (including phenoxy) is 1. The molecule has 0 aliphatic carbocycles. The third-order valence-electron chi connectivity index (χ3n) is 5.30. The number of likely N-dealkylation sites (tertiary alicyclic amines) is 1. The van der Waals surface area contributed by atoms with Gasteiger partial charge in [0.2, 0.25) is 0 Å². The van der Waals surface area contributed by atoms with Gasteiger partial charge in [-0.15, -0.1) is 0 Å². The topological polar surface area (TPSA) is 46.6 Å². The first-order chi connectivity index (χ1) is 13.0. The van der Waals surface area contributed by atoms with Crippen molar-refractivity contribution >= 4 is 11.7 Å². The lowest BCUT2D eigenvalue weighted by Gasteiger charge is -2.31. The molecule has 4 heteroatoms. The second-order valence-corrected chi connectivity index (χ2v) is 7.39. The third-order valence-corrected chi connectivity index (χ3v) is 5.30. The summed E-state index contributed by atoms with van der Waals surface area (Å²) in [5.74, 6) is 0.958. The molecule has 27 heavy (non-hydrogen) atoms. The summed E-state index contributed by atoms with van der Waals surface area (Å²) in [7, 11) is 0. The Kier molecular flexibility index (Phi) is 5.94. The average Bonchev–Trinajstić information content (AvgIpc) is 2.67. The second-order valence-electron chi connectivity index (χ2n) is 7.39. The maximum Gasteiger partial charge on any atom is 0.260 e. The fourth-order valence-electron chi connectivity index (χ4n) is 3.60. The first-order valence-corrected chi connectivity index (χ1v) is 9.53. The lowest BCUT2D eigenvalue weighted by molar-refractivity contribution is -0.134. The molecular weight excluding hydrogens is 338 g/mol. The van der Waals surface area contributed by atoms with Crippen molar-refractivity contribution in [3.05, 3.63) is 64.7 Å². The van der Waals surface area contributed by atoms with Gasteiger partial charge in [0.05, 0.1) is 0 Å². The van der Waals surface area contributed by atoms with E-state index >= 15 is 0 Å². The molecule has 2 aromatic rings. The van der Waals surface area contributed by atoms with Gasteiger partial charge in [0.25, 0.3) is 5.91 Å². The molecule has 0 radical (unpaired) electrons. The number of ketones is 1. The lowest BCUT2D eigenvalue weighted by atomic mass is 9.88. The number of Topliss-reactive ketones (excluding diaryl/α,β-unsaturated/α-hetero) is 1. The number of amides is 1. The number of carbonyl (C=O) groups excluding carboxylic acids is 2. The van der Waals surface area contributed by atoms with Crippen molar-refractivity contribution in [3.8, 4) is 5.75 Å². The van der Waals surface area contributed by atoms with Gasteiger partial charge in [-0.2, -0.15) is 0 Å². The highest BCUT2D eigenvalue weighted by Crippen LogP contribution is 2.24. The Labute approximate surface area is 161 Å². The van der Waals surface area contributed by atoms with Crippen molar-refractivity contribution in [1.29, 1.82) is 0 Å². The molecule has 0 spiro atoms. The summed E-state index contributed by atoms with van der Waals surface area (Å²) in [6.07, 6.45) is 1.42. The Morgan fingerprint density at radius 2 is 1.56 bits per heavy atom. The van der Waals surface area contributed by atoms with E-state index in [4.69, 9.17) is 4.74 Å². The molecular formula is C23H27NO3. The van der Waals surface area contributed by atoms with Crippen LogP contribution in [-0.2, 0) is 4.79 Å². The molecule has 1 amide bonds. The molecule has 0 saturated carbocycles. The number of nitrogens with zero attached hydrogens (tertiary/aromatic N) is 1. The first kappa shape index (κ1) is 19.2. The minimum atomic E-state index is -0.0149. The van der Waals surface area contributed by atoms with E-state index in [0.29, 0.717) is 25.9 Å². The third kappa shape index (κ3) is 4.57. The van der Waals surface area contributed by atoms with Crippen molar-refractivity contribution in [2.24, 2.45) is 5.92 Å². The van der Waals surface area contributed by atoms with Crippen molar-refractivity contribution < 1.29 is 14.3 Å². The van der Waals surface area contributed by atoms with Crippen LogP contribution in [0.2, 0.25) is 0 Å². The summed E-state index contributed by atoms with van der Waals surface area (Å²) >= 11 is 0. The van der Waals surface area contributed by atoms with E-state index in [0.717, 1.165) is 28.0 Å². The van der Waals surface area contributed by atoms with Crippen molar-refractivity contribution in [3.63, 3.8) is 0 Å². The largest absolute Gasteiger partial charge is 0.483 e. The number of hydrogen-bond acceptors (Lipinski definition) is 3. The van der Waals surface area contributed by atoms with Gasteiger partial charge in [0.15, 0.2) is 12.4 Å². The van der Waals surface area contributed by atoms with E-state index in [9.17, 15) is 9.59 Å². The zero-order chi connectivity index (χ0) is 19.4. The van der Waals surface area contributed by atoms with E-state index < -0.39 is 0 Å². The molecule has 0 aromatic heterocycles. The molecule has 1 aliphatic rings. The summed E-state index contributed by atoms with van der Waals surface area (Å²) in [5.41, 5.74) is 3.98. The zero-order valence-corrected chi connectivity index (χ0v) is 16.3. The smallest absolute Gasteiger partial charge is 0.260 e. The van der Waals surface area contributed by atoms with E-state index in [2.05, 4.69) is 0 Å². The standard InChI is InChI=1S/C23H27NO3/c1-16-7-9-19(10-8-16)22(26)20-11-13-24(14-12-20)21(25)15-27-23-17(2)5-4-6-18(23)3/h4-10,20H,11-15H2,1-3H3. The fourth-order valence-corrected chi connectivity index (χ4v) is 3.60. The monoisotopic (exact) mass is 365 g/mol. The van der Waals surface area contributed by atoms with Gasteiger partial charge in [0.1, 0.15) is 5.75 Å². The molecule has 142 valence electrons. The molecule has 0 atom stereocenters. The quantitative estimate of drug-likeness (QED) is 0.749. The number of aryl methyl sites for hydroxylation is 3. The zero-order valence-electron chi connectivity index (χ0n) is 16.3. The highest BCUT2D eigenvalue weighted by Gasteiger charge is 2.28. The van der Waals surface area contributed by atoms with Crippen LogP contribution in [0.1, 0.15) is 39.9 Å². The molecule has 1 aliphatic heterocycles. The minimum Gasteiger partial charge on any atom is -0.483 e. The number of hydrogen-bond donors (Lipinski definition) is 0. The Balaban J connectivity index is 1.52. The predicted molar refractivity (Wildman–Crippen MR) is 106 cm³/mol. The SMILES string of the molecule is Cc1ccc(C(=O)C2CCN(C(=O)COc3c(C)cccc3C)CC2)cc1. The lowest BCUT2D eigenvalue weighted by Crippen LogP contribution is -2.42. The van der Waals surface area contributed by atoms with Crippen LogP contribution in [0.25, 0.3) is 0 Å².